The summed E-state index contributed by atoms with van der Waals surface area (Å²) in [5.41, 5.74) is 0.809. The predicted octanol–water partition coefficient (Wildman–Crippen LogP) is 2.94. The number of nitrogens with zero attached hydrogens (tertiary/aromatic N) is 4. The van der Waals surface area contributed by atoms with E-state index in [0.29, 0.717) is 10.9 Å². The largest absolute Gasteiger partial charge is 0.394 e. The van der Waals surface area contributed by atoms with Gasteiger partial charge in [-0.25, -0.2) is 0 Å². The predicted molar refractivity (Wildman–Crippen MR) is 88.4 cm³/mol. The Bertz CT molecular complexity index is 635. The second-order valence-electron chi connectivity index (χ2n) is 6.55. The summed E-state index contributed by atoms with van der Waals surface area (Å²) in [6, 6.07) is -0.126. The smallest absolute Gasteiger partial charge is 0.255 e. The first-order valence-corrected chi connectivity index (χ1v) is 8.01. The molecular formula is C15H24ClN5O. The number of nitrogens with one attached hydrogen (secondary N) is 1. The molecule has 1 atom stereocenters. The molecule has 0 aliphatic carbocycles. The van der Waals surface area contributed by atoms with Gasteiger partial charge in [0.25, 0.3) is 5.78 Å². The van der Waals surface area contributed by atoms with E-state index in [9.17, 15) is 5.11 Å². The van der Waals surface area contributed by atoms with Crippen LogP contribution < -0.4 is 5.32 Å². The molecule has 2 rings (SSSR count). The fourth-order valence-corrected chi connectivity index (χ4v) is 2.53. The molecule has 0 aromatic carbocycles. The second-order valence-corrected chi connectivity index (χ2v) is 6.91. The SMILES string of the molecule is CCCCc1c(Cl)nc2ncnn2c1N[C@H](CO)C(C)(C)C. The molecule has 0 unspecified atom stereocenters. The molecule has 122 valence electrons. The Morgan fingerprint density at radius 3 is 2.73 bits per heavy atom. The van der Waals surface area contributed by atoms with Gasteiger partial charge >= 0.3 is 0 Å². The van der Waals surface area contributed by atoms with Crippen molar-refractivity contribution in [2.24, 2.45) is 5.41 Å². The molecule has 0 aliphatic heterocycles. The van der Waals surface area contributed by atoms with Crippen molar-refractivity contribution >= 4 is 23.2 Å². The number of unbranched alkanes of at least 4 members (excludes halogenated alkanes) is 1. The summed E-state index contributed by atoms with van der Waals surface area (Å²) < 4.78 is 1.66. The van der Waals surface area contributed by atoms with Crippen molar-refractivity contribution < 1.29 is 5.11 Å². The molecule has 0 spiro atoms. The van der Waals surface area contributed by atoms with Crippen LogP contribution in [0.25, 0.3) is 5.78 Å². The average molecular weight is 326 g/mol. The molecule has 6 nitrogen and oxygen atoms in total. The fraction of sp³-hybridized carbons (Fsp3) is 0.667. The topological polar surface area (TPSA) is 75.3 Å². The summed E-state index contributed by atoms with van der Waals surface area (Å²) >= 11 is 6.35. The molecule has 2 heterocycles. The second kappa shape index (κ2) is 6.79. The summed E-state index contributed by atoms with van der Waals surface area (Å²) in [7, 11) is 0. The molecule has 0 fully saturated rings. The first-order chi connectivity index (χ1) is 10.4. The Labute approximate surface area is 135 Å². The van der Waals surface area contributed by atoms with E-state index in [1.807, 2.05) is 0 Å². The molecule has 2 aromatic heterocycles. The van der Waals surface area contributed by atoms with E-state index < -0.39 is 0 Å². The molecule has 0 bridgehead atoms. The zero-order valence-electron chi connectivity index (χ0n) is 13.6. The van der Waals surface area contributed by atoms with E-state index in [-0.39, 0.29) is 18.1 Å². The minimum absolute atomic E-state index is 0.0207. The summed E-state index contributed by atoms with van der Waals surface area (Å²) in [5.74, 6) is 1.23. The van der Waals surface area contributed by atoms with Crippen LogP contribution in [0.3, 0.4) is 0 Å². The number of halogens is 1. The average Bonchev–Trinajstić information content (AvgIpc) is 2.89. The third-order valence-corrected chi connectivity index (χ3v) is 4.11. The summed E-state index contributed by atoms with van der Waals surface area (Å²) in [6.45, 7) is 8.39. The van der Waals surface area contributed by atoms with Crippen LogP contribution in [0.5, 0.6) is 0 Å². The Balaban J connectivity index is 2.50. The molecular weight excluding hydrogens is 302 g/mol. The Morgan fingerprint density at radius 1 is 1.41 bits per heavy atom. The van der Waals surface area contributed by atoms with E-state index in [1.54, 1.807) is 4.52 Å². The lowest BCUT2D eigenvalue weighted by Crippen LogP contribution is -2.38. The maximum atomic E-state index is 9.73. The lowest BCUT2D eigenvalue weighted by molar-refractivity contribution is 0.201. The number of aromatic nitrogens is 4. The number of aliphatic hydroxyl groups excluding tert-OH is 1. The first-order valence-electron chi connectivity index (χ1n) is 7.64. The first kappa shape index (κ1) is 17.0. The third-order valence-electron chi connectivity index (χ3n) is 3.79. The van der Waals surface area contributed by atoms with Crippen LogP contribution in [-0.4, -0.2) is 37.3 Å². The minimum atomic E-state index is -0.126. The van der Waals surface area contributed by atoms with Gasteiger partial charge in [0.2, 0.25) is 0 Å². The van der Waals surface area contributed by atoms with Gasteiger partial charge in [0.15, 0.2) is 0 Å². The Hall–Kier alpha value is -1.40. The molecule has 0 saturated heterocycles. The summed E-state index contributed by atoms with van der Waals surface area (Å²) in [5, 5.41) is 17.8. The van der Waals surface area contributed by atoms with Crippen LogP contribution in [0.2, 0.25) is 5.15 Å². The molecule has 0 aliphatic rings. The minimum Gasteiger partial charge on any atom is -0.394 e. The molecule has 2 N–H and O–H groups in total. The van der Waals surface area contributed by atoms with Crippen molar-refractivity contribution in [1.29, 1.82) is 0 Å². The van der Waals surface area contributed by atoms with Crippen molar-refractivity contribution in [2.45, 2.75) is 53.0 Å². The van der Waals surface area contributed by atoms with E-state index in [4.69, 9.17) is 11.6 Å². The fourth-order valence-electron chi connectivity index (χ4n) is 2.27. The van der Waals surface area contributed by atoms with Crippen LogP contribution in [0.4, 0.5) is 5.82 Å². The number of rotatable bonds is 6. The highest BCUT2D eigenvalue weighted by molar-refractivity contribution is 6.30. The molecule has 0 amide bonds. The van der Waals surface area contributed by atoms with Gasteiger partial charge in [-0.2, -0.15) is 19.6 Å². The van der Waals surface area contributed by atoms with E-state index in [0.717, 1.165) is 30.6 Å². The normalized spacial score (nSPS) is 13.5. The monoisotopic (exact) mass is 325 g/mol. The van der Waals surface area contributed by atoms with Crippen molar-refractivity contribution in [3.8, 4) is 0 Å². The third kappa shape index (κ3) is 3.50. The quantitative estimate of drug-likeness (QED) is 0.799. The standard InChI is InChI=1S/C15H24ClN5O/c1-5-6-7-10-12(16)20-14-17-9-18-21(14)13(10)19-11(8-22)15(2,3)4/h9,11,19,22H,5-8H2,1-4H3/t11-/m1/s1. The highest BCUT2D eigenvalue weighted by Gasteiger charge is 2.26. The maximum absolute atomic E-state index is 9.73. The zero-order valence-corrected chi connectivity index (χ0v) is 14.4. The number of hydrogen-bond acceptors (Lipinski definition) is 5. The summed E-state index contributed by atoms with van der Waals surface area (Å²) in [4.78, 5) is 8.41. The zero-order chi connectivity index (χ0) is 16.3. The van der Waals surface area contributed by atoms with Gasteiger partial charge in [-0.15, -0.1) is 0 Å². The Kier molecular flexibility index (Phi) is 5.24. The van der Waals surface area contributed by atoms with Gasteiger partial charge in [-0.3, -0.25) is 0 Å². The van der Waals surface area contributed by atoms with Crippen LogP contribution in [0.1, 0.15) is 46.1 Å². The molecule has 0 radical (unpaired) electrons. The van der Waals surface area contributed by atoms with Crippen LogP contribution in [0.15, 0.2) is 6.33 Å². The van der Waals surface area contributed by atoms with E-state index in [1.165, 1.54) is 6.33 Å². The lowest BCUT2D eigenvalue weighted by Gasteiger charge is -2.31. The number of fused-ring (bicyclic) bond motifs is 1. The van der Waals surface area contributed by atoms with E-state index >= 15 is 0 Å². The van der Waals surface area contributed by atoms with Crippen LogP contribution in [0, 0.1) is 5.41 Å². The highest BCUT2D eigenvalue weighted by Crippen LogP contribution is 2.29. The van der Waals surface area contributed by atoms with Crippen molar-refractivity contribution in [2.75, 3.05) is 11.9 Å². The molecule has 0 saturated carbocycles. The lowest BCUT2D eigenvalue weighted by atomic mass is 9.87. The number of anilines is 1. The van der Waals surface area contributed by atoms with Gasteiger partial charge < -0.3 is 10.4 Å². The van der Waals surface area contributed by atoms with Crippen molar-refractivity contribution in [1.82, 2.24) is 19.6 Å². The van der Waals surface area contributed by atoms with Gasteiger partial charge in [-0.05, 0) is 18.3 Å². The summed E-state index contributed by atoms with van der Waals surface area (Å²) in [6.07, 6.45) is 4.34. The van der Waals surface area contributed by atoms with Gasteiger partial charge in [0.05, 0.1) is 12.6 Å². The molecule has 7 heteroatoms. The number of aliphatic hydroxyl groups is 1. The van der Waals surface area contributed by atoms with Crippen LogP contribution in [-0.2, 0) is 6.42 Å². The van der Waals surface area contributed by atoms with Gasteiger partial charge in [0.1, 0.15) is 17.3 Å². The van der Waals surface area contributed by atoms with Crippen molar-refractivity contribution in [3.63, 3.8) is 0 Å². The Morgan fingerprint density at radius 2 is 2.14 bits per heavy atom. The van der Waals surface area contributed by atoms with E-state index in [2.05, 4.69) is 48.1 Å². The number of hydrogen-bond donors (Lipinski definition) is 2. The highest BCUT2D eigenvalue weighted by atomic mass is 35.5. The maximum Gasteiger partial charge on any atom is 0.255 e. The van der Waals surface area contributed by atoms with Crippen molar-refractivity contribution in [3.05, 3.63) is 17.0 Å². The van der Waals surface area contributed by atoms with Crippen LogP contribution >= 0.6 is 11.6 Å². The molecule has 22 heavy (non-hydrogen) atoms. The van der Waals surface area contributed by atoms with Gasteiger partial charge in [-0.1, -0.05) is 45.7 Å². The van der Waals surface area contributed by atoms with Gasteiger partial charge in [0, 0.05) is 5.56 Å². The molecule has 2 aromatic rings.